The van der Waals surface area contributed by atoms with Crippen molar-refractivity contribution in [3.63, 3.8) is 0 Å². The van der Waals surface area contributed by atoms with Gasteiger partial charge in [-0.25, -0.2) is 0 Å². The average Bonchev–Trinajstić information content (AvgIpc) is 2.48. The molecule has 0 bridgehead atoms. The number of rotatable bonds is 5. The van der Waals surface area contributed by atoms with Gasteiger partial charge in [0.05, 0.1) is 13.7 Å². The Balaban J connectivity index is 1.82. The highest BCUT2D eigenvalue weighted by Crippen LogP contribution is 2.45. The maximum atomic E-state index is 6.14. The Bertz CT molecular complexity index is 473. The summed E-state index contributed by atoms with van der Waals surface area (Å²) in [5, 5.41) is 0. The van der Waals surface area contributed by atoms with Crippen LogP contribution < -0.4 is 15.2 Å². The molecular weight excluding hydrogens is 266 g/mol. The van der Waals surface area contributed by atoms with Crippen molar-refractivity contribution in [2.24, 2.45) is 5.73 Å². The Hall–Kier alpha value is -1.26. The second kappa shape index (κ2) is 6.24. The highest BCUT2D eigenvalue weighted by atomic mass is 16.5. The fourth-order valence-electron chi connectivity index (χ4n) is 3.30. The topological polar surface area (TPSA) is 53.7 Å². The van der Waals surface area contributed by atoms with E-state index in [1.54, 1.807) is 7.11 Å². The van der Waals surface area contributed by atoms with E-state index in [1.165, 1.54) is 24.8 Å². The Morgan fingerprint density at radius 3 is 2.71 bits per heavy atom. The van der Waals surface area contributed by atoms with Crippen molar-refractivity contribution in [2.75, 3.05) is 26.9 Å². The highest BCUT2D eigenvalue weighted by molar-refractivity contribution is 5.46. The quantitative estimate of drug-likeness (QED) is 0.906. The number of benzene rings is 1. The summed E-state index contributed by atoms with van der Waals surface area (Å²) in [6.07, 6.45) is 5.81. The van der Waals surface area contributed by atoms with E-state index in [-0.39, 0.29) is 11.5 Å². The predicted octanol–water partition coefficient (Wildman–Crippen LogP) is 2.63. The Labute approximate surface area is 126 Å². The lowest BCUT2D eigenvalue weighted by atomic mass is 9.64. The monoisotopic (exact) mass is 291 g/mol. The smallest absolute Gasteiger partial charge is 0.161 e. The number of hydrogen-bond acceptors (Lipinski definition) is 4. The molecule has 1 aromatic rings. The van der Waals surface area contributed by atoms with Crippen molar-refractivity contribution in [1.29, 1.82) is 0 Å². The molecular formula is C17H25NO3. The minimum Gasteiger partial charge on any atom is -0.493 e. The third kappa shape index (κ3) is 2.87. The lowest BCUT2D eigenvalue weighted by Crippen LogP contribution is -2.41. The molecule has 1 unspecified atom stereocenters. The van der Waals surface area contributed by atoms with Crippen LogP contribution >= 0.6 is 0 Å². The summed E-state index contributed by atoms with van der Waals surface area (Å²) in [4.78, 5) is 0. The van der Waals surface area contributed by atoms with E-state index in [0.29, 0.717) is 13.2 Å². The van der Waals surface area contributed by atoms with Gasteiger partial charge in [0.15, 0.2) is 11.5 Å². The minimum absolute atomic E-state index is 0.123. The van der Waals surface area contributed by atoms with E-state index >= 15 is 0 Å². The van der Waals surface area contributed by atoms with E-state index in [4.69, 9.17) is 19.9 Å². The molecule has 1 aliphatic heterocycles. The van der Waals surface area contributed by atoms with E-state index in [9.17, 15) is 0 Å². The predicted molar refractivity (Wildman–Crippen MR) is 82.0 cm³/mol. The molecule has 2 N–H and O–H groups in total. The standard InChI is InChI=1S/C17H25NO3/c1-19-15-6-5-13(17(12-18)7-3-8-17)10-16(15)21-14-4-2-9-20-11-14/h5-6,10,14H,2-4,7-9,11-12,18H2,1H3. The van der Waals surface area contributed by atoms with Crippen molar-refractivity contribution in [1.82, 2.24) is 0 Å². The van der Waals surface area contributed by atoms with Crippen LogP contribution in [0, 0.1) is 0 Å². The third-order valence-electron chi connectivity index (χ3n) is 4.89. The number of ether oxygens (including phenoxy) is 3. The zero-order chi connectivity index (χ0) is 14.7. The molecule has 3 rings (SSSR count). The summed E-state index contributed by atoms with van der Waals surface area (Å²) >= 11 is 0. The van der Waals surface area contributed by atoms with Crippen molar-refractivity contribution in [3.8, 4) is 11.5 Å². The largest absolute Gasteiger partial charge is 0.493 e. The molecule has 2 aliphatic rings. The van der Waals surface area contributed by atoms with Gasteiger partial charge in [-0.05, 0) is 43.4 Å². The van der Waals surface area contributed by atoms with E-state index in [2.05, 4.69) is 12.1 Å². The van der Waals surface area contributed by atoms with Crippen LogP contribution in [0.4, 0.5) is 0 Å². The first-order chi connectivity index (χ1) is 10.3. The fraction of sp³-hybridized carbons (Fsp3) is 0.647. The van der Waals surface area contributed by atoms with Crippen LogP contribution in [0.25, 0.3) is 0 Å². The average molecular weight is 291 g/mol. The molecule has 1 atom stereocenters. The lowest BCUT2D eigenvalue weighted by molar-refractivity contribution is 0.00634. The van der Waals surface area contributed by atoms with Gasteiger partial charge in [-0.2, -0.15) is 0 Å². The Morgan fingerprint density at radius 2 is 2.14 bits per heavy atom. The normalized spacial score (nSPS) is 24.2. The first kappa shape index (κ1) is 14.7. The number of methoxy groups -OCH3 is 1. The van der Waals surface area contributed by atoms with Gasteiger partial charge in [-0.1, -0.05) is 12.5 Å². The van der Waals surface area contributed by atoms with Gasteiger partial charge >= 0.3 is 0 Å². The van der Waals surface area contributed by atoms with Gasteiger partial charge in [0.25, 0.3) is 0 Å². The molecule has 4 heteroatoms. The van der Waals surface area contributed by atoms with Gasteiger partial charge in [0.1, 0.15) is 6.10 Å². The SMILES string of the molecule is COc1ccc(C2(CN)CCC2)cc1OC1CCCOC1. The van der Waals surface area contributed by atoms with E-state index in [1.807, 2.05) is 6.07 Å². The lowest BCUT2D eigenvalue weighted by Gasteiger charge is -2.41. The second-order valence-corrected chi connectivity index (χ2v) is 6.16. The summed E-state index contributed by atoms with van der Waals surface area (Å²) in [6, 6.07) is 6.26. The molecule has 0 aromatic heterocycles. The van der Waals surface area contributed by atoms with Crippen LogP contribution in [0.5, 0.6) is 11.5 Å². The molecule has 1 saturated carbocycles. The van der Waals surface area contributed by atoms with Crippen molar-refractivity contribution >= 4 is 0 Å². The molecule has 2 fully saturated rings. The molecule has 4 nitrogen and oxygen atoms in total. The van der Waals surface area contributed by atoms with Gasteiger partial charge < -0.3 is 19.9 Å². The van der Waals surface area contributed by atoms with Gasteiger partial charge in [0, 0.05) is 18.6 Å². The number of nitrogens with two attached hydrogens (primary N) is 1. The van der Waals surface area contributed by atoms with Crippen LogP contribution in [0.2, 0.25) is 0 Å². The first-order valence-electron chi connectivity index (χ1n) is 7.90. The Morgan fingerprint density at radius 1 is 1.29 bits per heavy atom. The fourth-order valence-corrected chi connectivity index (χ4v) is 3.30. The molecule has 21 heavy (non-hydrogen) atoms. The molecule has 1 aromatic carbocycles. The van der Waals surface area contributed by atoms with Crippen LogP contribution in [-0.2, 0) is 10.2 Å². The Kier molecular flexibility index (Phi) is 4.36. The highest BCUT2D eigenvalue weighted by Gasteiger charge is 2.37. The first-order valence-corrected chi connectivity index (χ1v) is 7.90. The number of hydrogen-bond donors (Lipinski definition) is 1. The molecule has 0 radical (unpaired) electrons. The zero-order valence-electron chi connectivity index (χ0n) is 12.8. The van der Waals surface area contributed by atoms with E-state index < -0.39 is 0 Å². The van der Waals surface area contributed by atoms with Crippen molar-refractivity contribution in [2.45, 2.75) is 43.6 Å². The zero-order valence-corrected chi connectivity index (χ0v) is 12.8. The summed E-state index contributed by atoms with van der Waals surface area (Å²) in [7, 11) is 1.68. The van der Waals surface area contributed by atoms with Crippen LogP contribution in [0.3, 0.4) is 0 Å². The maximum absolute atomic E-state index is 6.14. The molecule has 1 saturated heterocycles. The summed E-state index contributed by atoms with van der Waals surface area (Å²) in [5.41, 5.74) is 7.44. The molecule has 0 spiro atoms. The van der Waals surface area contributed by atoms with Gasteiger partial charge in [-0.15, -0.1) is 0 Å². The maximum Gasteiger partial charge on any atom is 0.161 e. The summed E-state index contributed by atoms with van der Waals surface area (Å²) in [5.74, 6) is 1.61. The van der Waals surface area contributed by atoms with Crippen molar-refractivity contribution in [3.05, 3.63) is 23.8 Å². The summed E-state index contributed by atoms with van der Waals surface area (Å²) < 4.78 is 17.1. The van der Waals surface area contributed by atoms with Crippen LogP contribution in [-0.4, -0.2) is 33.0 Å². The van der Waals surface area contributed by atoms with Crippen molar-refractivity contribution < 1.29 is 14.2 Å². The van der Waals surface area contributed by atoms with Gasteiger partial charge in [0.2, 0.25) is 0 Å². The van der Waals surface area contributed by atoms with Crippen LogP contribution in [0.1, 0.15) is 37.7 Å². The van der Waals surface area contributed by atoms with Crippen LogP contribution in [0.15, 0.2) is 18.2 Å². The molecule has 1 aliphatic carbocycles. The third-order valence-corrected chi connectivity index (χ3v) is 4.89. The van der Waals surface area contributed by atoms with E-state index in [0.717, 1.165) is 30.9 Å². The minimum atomic E-state index is 0.123. The second-order valence-electron chi connectivity index (χ2n) is 6.16. The molecule has 116 valence electrons. The molecule has 0 amide bonds. The van der Waals surface area contributed by atoms with Gasteiger partial charge in [-0.3, -0.25) is 0 Å². The molecule has 1 heterocycles. The summed E-state index contributed by atoms with van der Waals surface area (Å²) in [6.45, 7) is 2.20.